The van der Waals surface area contributed by atoms with E-state index < -0.39 is 17.8 Å². The van der Waals surface area contributed by atoms with Crippen LogP contribution < -0.4 is 19.9 Å². The number of carbonyl (C=O) groups is 3. The maximum absolute atomic E-state index is 13.3. The van der Waals surface area contributed by atoms with Crippen molar-refractivity contribution < 1.29 is 19.1 Å². The third kappa shape index (κ3) is 4.16. The van der Waals surface area contributed by atoms with Gasteiger partial charge in [0.2, 0.25) is 0 Å². The molecule has 0 radical (unpaired) electrons. The first-order valence-corrected chi connectivity index (χ1v) is 11.6. The number of urea groups is 1. The van der Waals surface area contributed by atoms with E-state index in [4.69, 9.17) is 16.3 Å². The third-order valence-electron chi connectivity index (χ3n) is 6.56. The highest BCUT2D eigenvalue weighted by atomic mass is 35.5. The van der Waals surface area contributed by atoms with Crippen molar-refractivity contribution in [3.05, 3.63) is 58.1 Å². The minimum absolute atomic E-state index is 0.0203. The van der Waals surface area contributed by atoms with Gasteiger partial charge < -0.3 is 9.64 Å². The Morgan fingerprint density at radius 1 is 1.18 bits per heavy atom. The van der Waals surface area contributed by atoms with Crippen LogP contribution in [0.2, 0.25) is 5.02 Å². The summed E-state index contributed by atoms with van der Waals surface area (Å²) < 4.78 is 5.42. The van der Waals surface area contributed by atoms with Gasteiger partial charge in [-0.3, -0.25) is 14.9 Å². The van der Waals surface area contributed by atoms with Gasteiger partial charge in [0.1, 0.15) is 11.3 Å². The molecule has 2 aliphatic rings. The molecule has 2 heterocycles. The number of carbonyl (C=O) groups excluding carboxylic acids is 3. The van der Waals surface area contributed by atoms with Crippen molar-refractivity contribution in [1.82, 2.24) is 5.32 Å². The summed E-state index contributed by atoms with van der Waals surface area (Å²) >= 11 is 6.60. The largest absolute Gasteiger partial charge is 0.494 e. The molecule has 7 nitrogen and oxygen atoms in total. The van der Waals surface area contributed by atoms with Crippen molar-refractivity contribution in [2.24, 2.45) is 0 Å². The average Bonchev–Trinajstić information content (AvgIpc) is 2.76. The molecule has 2 aromatic rings. The van der Waals surface area contributed by atoms with Crippen LogP contribution in [0.25, 0.3) is 6.08 Å². The maximum atomic E-state index is 13.3. The molecule has 0 aliphatic carbocycles. The highest BCUT2D eigenvalue weighted by Gasteiger charge is 2.38. The van der Waals surface area contributed by atoms with Crippen LogP contribution in [0.5, 0.6) is 5.75 Å². The number of benzene rings is 2. The fourth-order valence-electron chi connectivity index (χ4n) is 4.62. The number of halogens is 1. The maximum Gasteiger partial charge on any atom is 0.335 e. The van der Waals surface area contributed by atoms with E-state index in [1.165, 1.54) is 6.08 Å². The fraction of sp³-hybridized carbons (Fsp3) is 0.346. The van der Waals surface area contributed by atoms with Gasteiger partial charge >= 0.3 is 6.03 Å². The quantitative estimate of drug-likeness (QED) is 0.484. The Labute approximate surface area is 204 Å². The molecule has 8 heteroatoms. The minimum atomic E-state index is -0.801. The zero-order chi connectivity index (χ0) is 24.8. The van der Waals surface area contributed by atoms with Crippen molar-refractivity contribution in [3.8, 4) is 5.75 Å². The summed E-state index contributed by atoms with van der Waals surface area (Å²) in [5.41, 5.74) is 2.83. The Morgan fingerprint density at radius 3 is 2.50 bits per heavy atom. The standard InChI is InChI=1S/C26H28ClN3O4/c1-6-34-18-9-7-17(8-10-18)30-24(32)20(23(31)28-25(30)33)12-16-11-19-15(2)14-26(3,4)29(5)22(19)13-21(16)27/h7-13,15H,6,14H2,1-5H3,(H,28,31,33)/b20-12+/t15-/m0/s1. The van der Waals surface area contributed by atoms with Crippen LogP contribution in [-0.4, -0.2) is 37.0 Å². The molecular weight excluding hydrogens is 454 g/mol. The summed E-state index contributed by atoms with van der Waals surface area (Å²) in [6.07, 6.45) is 2.41. The lowest BCUT2D eigenvalue weighted by atomic mass is 9.80. The average molecular weight is 482 g/mol. The summed E-state index contributed by atoms with van der Waals surface area (Å²) in [6, 6.07) is 9.53. The second-order valence-electron chi connectivity index (χ2n) is 9.29. The van der Waals surface area contributed by atoms with Crippen LogP contribution in [0, 0.1) is 0 Å². The lowest BCUT2D eigenvalue weighted by molar-refractivity contribution is -0.122. The van der Waals surface area contributed by atoms with Crippen LogP contribution in [0.3, 0.4) is 0 Å². The van der Waals surface area contributed by atoms with Gasteiger partial charge in [0, 0.05) is 23.3 Å². The number of hydrogen-bond acceptors (Lipinski definition) is 5. The Hall–Kier alpha value is -3.32. The lowest BCUT2D eigenvalue weighted by Crippen LogP contribution is -2.54. The van der Waals surface area contributed by atoms with Crippen LogP contribution in [0.1, 0.15) is 51.2 Å². The van der Waals surface area contributed by atoms with Gasteiger partial charge in [-0.1, -0.05) is 18.5 Å². The molecule has 2 aromatic carbocycles. The molecule has 0 bridgehead atoms. The first-order chi connectivity index (χ1) is 16.0. The molecule has 0 unspecified atom stereocenters. The van der Waals surface area contributed by atoms with E-state index in [0.29, 0.717) is 28.6 Å². The first kappa shape index (κ1) is 23.8. The number of hydrogen-bond donors (Lipinski definition) is 1. The number of anilines is 2. The predicted molar refractivity (Wildman–Crippen MR) is 134 cm³/mol. The number of barbiturate groups is 1. The van der Waals surface area contributed by atoms with Gasteiger partial charge in [-0.2, -0.15) is 0 Å². The van der Waals surface area contributed by atoms with E-state index in [1.807, 2.05) is 26.1 Å². The molecule has 34 heavy (non-hydrogen) atoms. The molecule has 4 rings (SSSR count). The number of nitrogens with one attached hydrogen (secondary N) is 1. The van der Waals surface area contributed by atoms with Gasteiger partial charge in [-0.05, 0) is 86.7 Å². The number of imide groups is 2. The van der Waals surface area contributed by atoms with E-state index in [-0.39, 0.29) is 17.0 Å². The Balaban J connectivity index is 1.72. The lowest BCUT2D eigenvalue weighted by Gasteiger charge is -2.45. The summed E-state index contributed by atoms with van der Waals surface area (Å²) in [4.78, 5) is 41.5. The second kappa shape index (κ2) is 8.80. The SMILES string of the molecule is CCOc1ccc(N2C(=O)NC(=O)/C(=C\c3cc4c(cc3Cl)N(C)C(C)(C)C[C@@H]4C)C2=O)cc1. The van der Waals surface area contributed by atoms with Crippen LogP contribution in [0.4, 0.5) is 16.2 Å². The summed E-state index contributed by atoms with van der Waals surface area (Å²) in [5.74, 6) is -0.574. The number of amides is 4. The highest BCUT2D eigenvalue weighted by molar-refractivity contribution is 6.40. The topological polar surface area (TPSA) is 79.0 Å². The Bertz CT molecular complexity index is 1200. The number of fused-ring (bicyclic) bond motifs is 1. The monoisotopic (exact) mass is 481 g/mol. The summed E-state index contributed by atoms with van der Waals surface area (Å²) in [5, 5.41) is 2.68. The smallest absolute Gasteiger partial charge is 0.335 e. The van der Waals surface area contributed by atoms with Gasteiger partial charge in [-0.25, -0.2) is 9.69 Å². The van der Waals surface area contributed by atoms with Crippen molar-refractivity contribution >= 4 is 46.9 Å². The highest BCUT2D eigenvalue weighted by Crippen LogP contribution is 2.44. The predicted octanol–water partition coefficient (Wildman–Crippen LogP) is 5.13. The molecule has 0 spiro atoms. The molecule has 0 aromatic heterocycles. The van der Waals surface area contributed by atoms with E-state index in [2.05, 4.69) is 31.0 Å². The van der Waals surface area contributed by atoms with Gasteiger partial charge in [0.25, 0.3) is 11.8 Å². The van der Waals surface area contributed by atoms with Crippen LogP contribution in [-0.2, 0) is 9.59 Å². The number of ether oxygens (including phenoxy) is 1. The van der Waals surface area contributed by atoms with E-state index in [1.54, 1.807) is 24.3 Å². The van der Waals surface area contributed by atoms with Gasteiger partial charge in [-0.15, -0.1) is 0 Å². The molecule has 2 aliphatic heterocycles. The van der Waals surface area contributed by atoms with Crippen LogP contribution in [0.15, 0.2) is 42.0 Å². The van der Waals surface area contributed by atoms with Crippen molar-refractivity contribution in [2.75, 3.05) is 23.5 Å². The van der Waals surface area contributed by atoms with E-state index in [0.717, 1.165) is 22.6 Å². The molecule has 1 N–H and O–H groups in total. The first-order valence-electron chi connectivity index (χ1n) is 11.2. The Kier molecular flexibility index (Phi) is 6.16. The van der Waals surface area contributed by atoms with Gasteiger partial charge in [0.15, 0.2) is 0 Å². The third-order valence-corrected chi connectivity index (χ3v) is 6.89. The molecule has 1 fully saturated rings. The normalized spacial score (nSPS) is 20.9. The number of rotatable bonds is 4. The van der Waals surface area contributed by atoms with E-state index >= 15 is 0 Å². The van der Waals surface area contributed by atoms with Gasteiger partial charge in [0.05, 0.1) is 12.3 Å². The summed E-state index contributed by atoms with van der Waals surface area (Å²) in [6.45, 7) is 8.89. The minimum Gasteiger partial charge on any atom is -0.494 e. The zero-order valence-electron chi connectivity index (χ0n) is 19.9. The zero-order valence-corrected chi connectivity index (χ0v) is 20.7. The van der Waals surface area contributed by atoms with Crippen molar-refractivity contribution in [1.29, 1.82) is 0 Å². The second-order valence-corrected chi connectivity index (χ2v) is 9.70. The number of nitrogens with zero attached hydrogens (tertiary/aromatic N) is 2. The van der Waals surface area contributed by atoms with E-state index in [9.17, 15) is 14.4 Å². The van der Waals surface area contributed by atoms with Crippen molar-refractivity contribution in [3.63, 3.8) is 0 Å². The van der Waals surface area contributed by atoms with Crippen LogP contribution >= 0.6 is 11.6 Å². The molecule has 178 valence electrons. The molecular formula is C26H28ClN3O4. The molecule has 4 amide bonds. The molecule has 1 atom stereocenters. The fourth-order valence-corrected chi connectivity index (χ4v) is 4.83. The Morgan fingerprint density at radius 2 is 1.85 bits per heavy atom. The van der Waals surface area contributed by atoms with Crippen molar-refractivity contribution in [2.45, 2.75) is 45.6 Å². The molecule has 0 saturated carbocycles. The summed E-state index contributed by atoms with van der Waals surface area (Å²) in [7, 11) is 2.04. The molecule has 1 saturated heterocycles.